The van der Waals surface area contributed by atoms with Crippen LogP contribution in [0.25, 0.3) is 0 Å². The van der Waals surface area contributed by atoms with Crippen molar-refractivity contribution in [2.75, 3.05) is 26.2 Å². The van der Waals surface area contributed by atoms with E-state index in [1.54, 1.807) is 11.3 Å². The van der Waals surface area contributed by atoms with Crippen molar-refractivity contribution in [3.8, 4) is 0 Å². The quantitative estimate of drug-likeness (QED) is 0.847. The molecule has 0 spiro atoms. The second kappa shape index (κ2) is 6.06. The van der Waals surface area contributed by atoms with Crippen molar-refractivity contribution in [1.82, 2.24) is 9.80 Å². The van der Waals surface area contributed by atoms with Crippen LogP contribution in [0.2, 0.25) is 0 Å². The van der Waals surface area contributed by atoms with E-state index in [2.05, 4.69) is 11.0 Å². The minimum absolute atomic E-state index is 0.300. The van der Waals surface area contributed by atoms with Gasteiger partial charge in [0.1, 0.15) is 0 Å². The summed E-state index contributed by atoms with van der Waals surface area (Å²) in [4.78, 5) is 18.0. The molecule has 4 heteroatoms. The zero-order valence-electron chi connectivity index (χ0n) is 11.4. The third kappa shape index (κ3) is 3.18. The van der Waals surface area contributed by atoms with Gasteiger partial charge < -0.3 is 4.90 Å². The molecule has 0 atom stereocenters. The van der Waals surface area contributed by atoms with Crippen molar-refractivity contribution < 1.29 is 4.79 Å². The highest BCUT2D eigenvalue weighted by molar-refractivity contribution is 7.10. The number of rotatable bonds is 3. The Balaban J connectivity index is 1.48. The van der Waals surface area contributed by atoms with Gasteiger partial charge in [-0.3, -0.25) is 9.69 Å². The predicted molar refractivity (Wildman–Crippen MR) is 78.4 cm³/mol. The SMILES string of the molecule is O=C(Cc1cccs1)N1CCN(C2CCCC2)CC1. The number of hydrogen-bond donors (Lipinski definition) is 0. The summed E-state index contributed by atoms with van der Waals surface area (Å²) in [7, 11) is 0. The Morgan fingerprint density at radius 2 is 1.95 bits per heavy atom. The lowest BCUT2D eigenvalue weighted by Crippen LogP contribution is -2.51. The zero-order chi connectivity index (χ0) is 13.1. The molecule has 1 aliphatic heterocycles. The van der Waals surface area contributed by atoms with Crippen molar-refractivity contribution in [2.24, 2.45) is 0 Å². The van der Waals surface area contributed by atoms with Crippen LogP contribution in [-0.2, 0) is 11.2 Å². The number of thiophene rings is 1. The lowest BCUT2D eigenvalue weighted by atomic mass is 10.1. The molecule has 1 amide bonds. The molecule has 1 aromatic rings. The summed E-state index contributed by atoms with van der Waals surface area (Å²) >= 11 is 1.68. The zero-order valence-corrected chi connectivity index (χ0v) is 12.2. The molecule has 0 radical (unpaired) electrons. The molecule has 2 heterocycles. The first-order valence-corrected chi connectivity index (χ1v) is 8.25. The van der Waals surface area contributed by atoms with Gasteiger partial charge in [-0.1, -0.05) is 18.9 Å². The topological polar surface area (TPSA) is 23.6 Å². The van der Waals surface area contributed by atoms with Gasteiger partial charge in [0.25, 0.3) is 0 Å². The molecule has 0 bridgehead atoms. The van der Waals surface area contributed by atoms with Gasteiger partial charge in [-0.05, 0) is 24.3 Å². The summed E-state index contributed by atoms with van der Waals surface area (Å²) in [6.45, 7) is 3.98. The molecule has 0 N–H and O–H groups in total. The van der Waals surface area contributed by atoms with Gasteiger partial charge in [-0.2, -0.15) is 0 Å². The Hall–Kier alpha value is -0.870. The molecule has 1 saturated carbocycles. The van der Waals surface area contributed by atoms with Crippen LogP contribution in [-0.4, -0.2) is 47.9 Å². The second-order valence-electron chi connectivity index (χ2n) is 5.61. The summed E-state index contributed by atoms with van der Waals surface area (Å²) in [6, 6.07) is 4.87. The van der Waals surface area contributed by atoms with Gasteiger partial charge in [-0.15, -0.1) is 11.3 Å². The molecule has 1 aromatic heterocycles. The maximum absolute atomic E-state index is 12.2. The molecule has 0 aromatic carbocycles. The van der Waals surface area contributed by atoms with Gasteiger partial charge in [-0.25, -0.2) is 0 Å². The van der Waals surface area contributed by atoms with Crippen molar-refractivity contribution in [2.45, 2.75) is 38.1 Å². The molecule has 1 aliphatic carbocycles. The summed E-state index contributed by atoms with van der Waals surface area (Å²) in [5.74, 6) is 0.300. The Labute approximate surface area is 119 Å². The average Bonchev–Trinajstić information content (AvgIpc) is 3.12. The van der Waals surface area contributed by atoms with E-state index in [0.29, 0.717) is 12.3 Å². The normalized spacial score (nSPS) is 22.0. The Bertz CT molecular complexity index is 404. The van der Waals surface area contributed by atoms with Crippen LogP contribution in [0.4, 0.5) is 0 Å². The minimum atomic E-state index is 0.300. The van der Waals surface area contributed by atoms with Gasteiger partial charge >= 0.3 is 0 Å². The first-order valence-electron chi connectivity index (χ1n) is 7.37. The molecule has 2 fully saturated rings. The van der Waals surface area contributed by atoms with E-state index in [9.17, 15) is 4.79 Å². The fourth-order valence-corrected chi connectivity index (χ4v) is 3.98. The molecule has 3 rings (SSSR count). The number of carbonyl (C=O) groups excluding carboxylic acids is 1. The van der Waals surface area contributed by atoms with Crippen LogP contribution in [0, 0.1) is 0 Å². The highest BCUT2D eigenvalue weighted by Gasteiger charge is 2.27. The first-order chi connectivity index (χ1) is 9.33. The Morgan fingerprint density at radius 1 is 1.21 bits per heavy atom. The molecular weight excluding hydrogens is 256 g/mol. The van der Waals surface area contributed by atoms with Gasteiger partial charge in [0.05, 0.1) is 6.42 Å². The molecule has 0 unspecified atom stereocenters. The molecule has 1 saturated heterocycles. The third-order valence-electron chi connectivity index (χ3n) is 4.41. The maximum atomic E-state index is 12.2. The molecule has 2 aliphatic rings. The summed E-state index contributed by atoms with van der Waals surface area (Å²) in [5.41, 5.74) is 0. The maximum Gasteiger partial charge on any atom is 0.227 e. The third-order valence-corrected chi connectivity index (χ3v) is 5.29. The number of hydrogen-bond acceptors (Lipinski definition) is 3. The summed E-state index contributed by atoms with van der Waals surface area (Å²) in [5, 5.41) is 2.04. The van der Waals surface area contributed by atoms with E-state index in [-0.39, 0.29) is 0 Å². The standard InChI is InChI=1S/C15H22N2OS/c18-15(12-14-6-3-11-19-14)17-9-7-16(8-10-17)13-4-1-2-5-13/h3,6,11,13H,1-2,4-5,7-10,12H2. The van der Waals surface area contributed by atoms with E-state index in [1.807, 2.05) is 16.3 Å². The molecular formula is C15H22N2OS. The number of carbonyl (C=O) groups is 1. The number of piperazine rings is 1. The minimum Gasteiger partial charge on any atom is -0.340 e. The largest absolute Gasteiger partial charge is 0.340 e. The van der Waals surface area contributed by atoms with Crippen molar-refractivity contribution in [3.05, 3.63) is 22.4 Å². The fourth-order valence-electron chi connectivity index (χ4n) is 3.28. The average molecular weight is 278 g/mol. The Morgan fingerprint density at radius 3 is 2.58 bits per heavy atom. The Kier molecular flexibility index (Phi) is 4.18. The van der Waals surface area contributed by atoms with Crippen LogP contribution in [0.15, 0.2) is 17.5 Å². The molecule has 19 heavy (non-hydrogen) atoms. The molecule has 3 nitrogen and oxygen atoms in total. The van der Waals surface area contributed by atoms with E-state index in [4.69, 9.17) is 0 Å². The second-order valence-corrected chi connectivity index (χ2v) is 6.64. The lowest BCUT2D eigenvalue weighted by molar-refractivity contribution is -0.132. The highest BCUT2D eigenvalue weighted by atomic mass is 32.1. The van der Waals surface area contributed by atoms with Gasteiger partial charge in [0.15, 0.2) is 0 Å². The van der Waals surface area contributed by atoms with Crippen LogP contribution in [0.5, 0.6) is 0 Å². The fraction of sp³-hybridized carbons (Fsp3) is 0.667. The highest BCUT2D eigenvalue weighted by Crippen LogP contribution is 2.24. The van der Waals surface area contributed by atoms with Crippen LogP contribution >= 0.6 is 11.3 Å². The first kappa shape index (κ1) is 13.1. The van der Waals surface area contributed by atoms with Gasteiger partial charge in [0.2, 0.25) is 5.91 Å². The monoisotopic (exact) mass is 278 g/mol. The molecule has 104 valence electrons. The summed E-state index contributed by atoms with van der Waals surface area (Å²) < 4.78 is 0. The lowest BCUT2D eigenvalue weighted by Gasteiger charge is -2.38. The van der Waals surface area contributed by atoms with Crippen molar-refractivity contribution in [3.63, 3.8) is 0 Å². The van der Waals surface area contributed by atoms with Crippen LogP contribution in [0.3, 0.4) is 0 Å². The van der Waals surface area contributed by atoms with E-state index >= 15 is 0 Å². The van der Waals surface area contributed by atoms with Crippen LogP contribution in [0.1, 0.15) is 30.6 Å². The van der Waals surface area contributed by atoms with Crippen molar-refractivity contribution >= 4 is 17.2 Å². The van der Waals surface area contributed by atoms with E-state index in [0.717, 1.165) is 32.2 Å². The number of nitrogens with zero attached hydrogens (tertiary/aromatic N) is 2. The number of amides is 1. The van der Waals surface area contributed by atoms with E-state index in [1.165, 1.54) is 30.6 Å². The van der Waals surface area contributed by atoms with Gasteiger partial charge in [0, 0.05) is 37.1 Å². The van der Waals surface area contributed by atoms with Crippen molar-refractivity contribution in [1.29, 1.82) is 0 Å². The van der Waals surface area contributed by atoms with E-state index < -0.39 is 0 Å². The smallest absolute Gasteiger partial charge is 0.227 e. The summed E-state index contributed by atoms with van der Waals surface area (Å²) in [6.07, 6.45) is 6.09. The predicted octanol–water partition coefficient (Wildman–Crippen LogP) is 2.38. The van der Waals surface area contributed by atoms with Crippen LogP contribution < -0.4 is 0 Å².